The molecular formula is C14H25N5O. The topological polar surface area (TPSA) is 64.3 Å². The Morgan fingerprint density at radius 2 is 2.05 bits per heavy atom. The Hall–Kier alpha value is -1.40. The third-order valence-electron chi connectivity index (χ3n) is 3.64. The van der Waals surface area contributed by atoms with E-state index in [0.717, 1.165) is 45.1 Å². The van der Waals surface area contributed by atoms with Gasteiger partial charge in [-0.1, -0.05) is 13.8 Å². The molecule has 0 saturated carbocycles. The summed E-state index contributed by atoms with van der Waals surface area (Å²) in [6.07, 6.45) is 0. The highest BCUT2D eigenvalue weighted by Crippen LogP contribution is 2.08. The summed E-state index contributed by atoms with van der Waals surface area (Å²) >= 11 is 0. The number of nitrogens with one attached hydrogen (secondary N) is 2. The molecule has 2 heterocycles. The number of nitrogens with zero attached hydrogens (tertiary/aromatic N) is 3. The molecule has 0 bridgehead atoms. The number of likely N-dealkylation sites (N-methyl/N-ethyl adjacent to an activating group) is 1. The van der Waals surface area contributed by atoms with E-state index in [-0.39, 0.29) is 11.5 Å². The smallest absolute Gasteiger partial charge is 0.252 e. The van der Waals surface area contributed by atoms with E-state index in [1.165, 1.54) is 6.07 Å². The summed E-state index contributed by atoms with van der Waals surface area (Å²) < 4.78 is 0. The number of rotatable bonds is 5. The normalized spacial score (nSPS) is 17.6. The van der Waals surface area contributed by atoms with Gasteiger partial charge in [0, 0.05) is 51.3 Å². The molecular weight excluding hydrogens is 254 g/mol. The van der Waals surface area contributed by atoms with Crippen molar-refractivity contribution in [3.05, 3.63) is 22.2 Å². The van der Waals surface area contributed by atoms with E-state index in [1.54, 1.807) is 0 Å². The van der Waals surface area contributed by atoms with E-state index in [1.807, 2.05) is 13.8 Å². The number of aromatic nitrogens is 2. The SMILES string of the molecule is CC(C)c1nc(NCCN2CCN(C)CC2)cc(=O)[nH]1. The largest absolute Gasteiger partial charge is 0.369 e. The van der Waals surface area contributed by atoms with Crippen LogP contribution in [0.4, 0.5) is 5.82 Å². The number of hydrogen-bond acceptors (Lipinski definition) is 5. The van der Waals surface area contributed by atoms with Crippen LogP contribution in [0.2, 0.25) is 0 Å². The fourth-order valence-corrected chi connectivity index (χ4v) is 2.25. The second-order valence-corrected chi connectivity index (χ2v) is 5.74. The zero-order chi connectivity index (χ0) is 14.5. The van der Waals surface area contributed by atoms with Gasteiger partial charge in [0.15, 0.2) is 0 Å². The second kappa shape index (κ2) is 6.85. The van der Waals surface area contributed by atoms with Crippen molar-refractivity contribution in [3.8, 4) is 0 Å². The van der Waals surface area contributed by atoms with E-state index in [9.17, 15) is 4.79 Å². The minimum absolute atomic E-state index is 0.0919. The molecule has 1 aliphatic heterocycles. The molecule has 1 aromatic rings. The molecule has 2 rings (SSSR count). The van der Waals surface area contributed by atoms with Crippen LogP contribution in [0, 0.1) is 0 Å². The van der Waals surface area contributed by atoms with Crippen molar-refractivity contribution in [2.45, 2.75) is 19.8 Å². The van der Waals surface area contributed by atoms with E-state index in [2.05, 4.69) is 32.1 Å². The van der Waals surface area contributed by atoms with Crippen LogP contribution in [0.25, 0.3) is 0 Å². The summed E-state index contributed by atoms with van der Waals surface area (Å²) in [5, 5.41) is 3.25. The molecule has 0 amide bonds. The Labute approximate surface area is 120 Å². The highest BCUT2D eigenvalue weighted by molar-refractivity contribution is 5.33. The first-order valence-electron chi connectivity index (χ1n) is 7.30. The van der Waals surface area contributed by atoms with Gasteiger partial charge in [0.2, 0.25) is 0 Å². The molecule has 112 valence electrons. The molecule has 1 aliphatic rings. The lowest BCUT2D eigenvalue weighted by Gasteiger charge is -2.32. The standard InChI is InChI=1S/C14H25N5O/c1-11(2)14-16-12(10-13(20)17-14)15-4-5-19-8-6-18(3)7-9-19/h10-11H,4-9H2,1-3H3,(H2,15,16,17,20). The molecule has 0 unspecified atom stereocenters. The second-order valence-electron chi connectivity index (χ2n) is 5.74. The van der Waals surface area contributed by atoms with E-state index in [0.29, 0.717) is 5.82 Å². The molecule has 0 aliphatic carbocycles. The number of aromatic amines is 1. The van der Waals surface area contributed by atoms with Crippen molar-refractivity contribution < 1.29 is 0 Å². The van der Waals surface area contributed by atoms with Crippen molar-refractivity contribution >= 4 is 5.82 Å². The van der Waals surface area contributed by atoms with Gasteiger partial charge in [-0.3, -0.25) is 9.69 Å². The average Bonchev–Trinajstić information content (AvgIpc) is 2.40. The van der Waals surface area contributed by atoms with Gasteiger partial charge in [0.05, 0.1) is 0 Å². The monoisotopic (exact) mass is 279 g/mol. The number of anilines is 1. The van der Waals surface area contributed by atoms with Crippen molar-refractivity contribution in [1.29, 1.82) is 0 Å². The lowest BCUT2D eigenvalue weighted by molar-refractivity contribution is 0.158. The average molecular weight is 279 g/mol. The first-order valence-corrected chi connectivity index (χ1v) is 7.30. The fraction of sp³-hybridized carbons (Fsp3) is 0.714. The maximum absolute atomic E-state index is 11.6. The molecule has 1 fully saturated rings. The zero-order valence-corrected chi connectivity index (χ0v) is 12.6. The van der Waals surface area contributed by atoms with Gasteiger partial charge in [-0.2, -0.15) is 0 Å². The maximum atomic E-state index is 11.6. The predicted octanol–water partition coefficient (Wildman–Crippen LogP) is 0.553. The molecule has 0 radical (unpaired) electrons. The lowest BCUT2D eigenvalue weighted by atomic mass is 10.2. The van der Waals surface area contributed by atoms with Crippen molar-refractivity contribution in [2.75, 3.05) is 51.6 Å². The molecule has 6 nitrogen and oxygen atoms in total. The third kappa shape index (κ3) is 4.31. The lowest BCUT2D eigenvalue weighted by Crippen LogP contribution is -2.45. The Kier molecular flexibility index (Phi) is 5.14. The quantitative estimate of drug-likeness (QED) is 0.824. The van der Waals surface area contributed by atoms with Crippen LogP contribution < -0.4 is 10.9 Å². The summed E-state index contributed by atoms with van der Waals surface area (Å²) in [6, 6.07) is 1.52. The van der Waals surface area contributed by atoms with Crippen LogP contribution in [0.5, 0.6) is 0 Å². The van der Waals surface area contributed by atoms with Crippen molar-refractivity contribution in [3.63, 3.8) is 0 Å². The Morgan fingerprint density at radius 1 is 1.35 bits per heavy atom. The van der Waals surface area contributed by atoms with Gasteiger partial charge in [-0.05, 0) is 7.05 Å². The van der Waals surface area contributed by atoms with E-state index < -0.39 is 0 Å². The maximum Gasteiger partial charge on any atom is 0.252 e. The van der Waals surface area contributed by atoms with E-state index in [4.69, 9.17) is 0 Å². The summed E-state index contributed by atoms with van der Waals surface area (Å²) in [5.41, 5.74) is -0.0919. The predicted molar refractivity (Wildman–Crippen MR) is 81.4 cm³/mol. The van der Waals surface area contributed by atoms with Gasteiger partial charge in [0.1, 0.15) is 11.6 Å². The molecule has 0 aromatic carbocycles. The van der Waals surface area contributed by atoms with Gasteiger partial charge >= 0.3 is 0 Å². The molecule has 0 spiro atoms. The van der Waals surface area contributed by atoms with Crippen LogP contribution >= 0.6 is 0 Å². The number of piperazine rings is 1. The summed E-state index contributed by atoms with van der Waals surface area (Å²) in [6.45, 7) is 10.3. The molecule has 1 aromatic heterocycles. The Morgan fingerprint density at radius 3 is 2.70 bits per heavy atom. The molecule has 1 saturated heterocycles. The first kappa shape index (κ1) is 15.0. The zero-order valence-electron chi connectivity index (χ0n) is 12.6. The fourth-order valence-electron chi connectivity index (χ4n) is 2.25. The molecule has 0 atom stereocenters. The summed E-state index contributed by atoms with van der Waals surface area (Å²) in [4.78, 5) is 23.5. The van der Waals surface area contributed by atoms with Gasteiger partial charge < -0.3 is 15.2 Å². The van der Waals surface area contributed by atoms with Gasteiger partial charge in [0.25, 0.3) is 5.56 Å². The molecule has 20 heavy (non-hydrogen) atoms. The minimum Gasteiger partial charge on any atom is -0.369 e. The number of hydrogen-bond donors (Lipinski definition) is 2. The number of H-pyrrole nitrogens is 1. The Balaban J connectivity index is 1.83. The highest BCUT2D eigenvalue weighted by Gasteiger charge is 2.13. The van der Waals surface area contributed by atoms with Crippen LogP contribution in [0.15, 0.2) is 10.9 Å². The van der Waals surface area contributed by atoms with Crippen LogP contribution in [0.3, 0.4) is 0 Å². The summed E-state index contributed by atoms with van der Waals surface area (Å²) in [7, 11) is 2.16. The van der Waals surface area contributed by atoms with Crippen LogP contribution in [-0.2, 0) is 0 Å². The van der Waals surface area contributed by atoms with Crippen molar-refractivity contribution in [2.24, 2.45) is 0 Å². The first-order chi connectivity index (χ1) is 9.54. The van der Waals surface area contributed by atoms with Crippen LogP contribution in [0.1, 0.15) is 25.6 Å². The van der Waals surface area contributed by atoms with E-state index >= 15 is 0 Å². The van der Waals surface area contributed by atoms with Crippen molar-refractivity contribution in [1.82, 2.24) is 19.8 Å². The highest BCUT2D eigenvalue weighted by atomic mass is 16.1. The minimum atomic E-state index is -0.0919. The van der Waals surface area contributed by atoms with Gasteiger partial charge in [-0.25, -0.2) is 4.98 Å². The molecule has 6 heteroatoms. The third-order valence-corrected chi connectivity index (χ3v) is 3.64. The Bertz CT molecular complexity index is 477. The summed E-state index contributed by atoms with van der Waals surface area (Å²) in [5.74, 6) is 1.63. The van der Waals surface area contributed by atoms with Gasteiger partial charge in [-0.15, -0.1) is 0 Å². The van der Waals surface area contributed by atoms with Crippen LogP contribution in [-0.4, -0.2) is 66.1 Å². The molecule has 2 N–H and O–H groups in total.